The molecule has 0 saturated heterocycles. The lowest BCUT2D eigenvalue weighted by Crippen LogP contribution is -2.43. The normalized spacial score (nSPS) is 20.3. The van der Waals surface area contributed by atoms with Crippen LogP contribution in [0.4, 0.5) is 14.9 Å². The number of carbonyl (C=O) groups is 1. The van der Waals surface area contributed by atoms with Crippen molar-refractivity contribution in [2.45, 2.75) is 44.9 Å². The monoisotopic (exact) mass is 342 g/mol. The minimum atomic E-state index is -3.33. The van der Waals surface area contributed by atoms with E-state index in [0.717, 1.165) is 31.6 Å². The number of halogens is 1. The van der Waals surface area contributed by atoms with E-state index in [1.54, 1.807) is 0 Å². The Morgan fingerprint density at radius 1 is 1.39 bits per heavy atom. The Balaban J connectivity index is 2.11. The average Bonchev–Trinajstić information content (AvgIpc) is 2.70. The second-order valence-electron chi connectivity index (χ2n) is 6.90. The van der Waals surface area contributed by atoms with Gasteiger partial charge in [-0.3, -0.25) is 0 Å². The standard InChI is InChI=1S/C16H23FN2O3S/c1-16(2)8-4-5-14(16)19-15(20)18-13-7-6-12(17)9-11(13)10-23(3,21)22/h6-7,9,14H,4-5,8,10H2,1-3H3,(H2,18,19,20)/t14-/m1/s1. The minimum Gasteiger partial charge on any atom is -0.335 e. The number of carbonyl (C=O) groups excluding carboxylic acids is 1. The van der Waals surface area contributed by atoms with Gasteiger partial charge in [-0.25, -0.2) is 17.6 Å². The summed E-state index contributed by atoms with van der Waals surface area (Å²) in [4.78, 5) is 12.2. The van der Waals surface area contributed by atoms with Gasteiger partial charge in [-0.2, -0.15) is 0 Å². The predicted molar refractivity (Wildman–Crippen MR) is 88.5 cm³/mol. The molecule has 0 heterocycles. The number of hydrogen-bond donors (Lipinski definition) is 2. The van der Waals surface area contributed by atoms with Crippen LogP contribution in [0, 0.1) is 11.2 Å². The number of anilines is 1. The van der Waals surface area contributed by atoms with E-state index in [2.05, 4.69) is 24.5 Å². The fraction of sp³-hybridized carbons (Fsp3) is 0.562. The third-order valence-electron chi connectivity index (χ3n) is 4.30. The van der Waals surface area contributed by atoms with Crippen LogP contribution in [0.15, 0.2) is 18.2 Å². The van der Waals surface area contributed by atoms with Gasteiger partial charge in [-0.15, -0.1) is 0 Å². The number of rotatable bonds is 4. The number of urea groups is 1. The van der Waals surface area contributed by atoms with E-state index >= 15 is 0 Å². The fourth-order valence-corrected chi connectivity index (χ4v) is 3.80. The Hall–Kier alpha value is -1.63. The van der Waals surface area contributed by atoms with E-state index in [9.17, 15) is 17.6 Å². The van der Waals surface area contributed by atoms with Crippen molar-refractivity contribution in [3.8, 4) is 0 Å². The zero-order chi connectivity index (χ0) is 17.3. The van der Waals surface area contributed by atoms with Gasteiger partial charge in [0.05, 0.1) is 5.75 Å². The molecule has 0 bridgehead atoms. The highest BCUT2D eigenvalue weighted by molar-refractivity contribution is 7.89. The summed E-state index contributed by atoms with van der Waals surface area (Å²) in [7, 11) is -3.33. The van der Waals surface area contributed by atoms with E-state index in [1.807, 2.05) is 0 Å². The lowest BCUT2D eigenvalue weighted by molar-refractivity contribution is 0.233. The van der Waals surface area contributed by atoms with Crippen LogP contribution >= 0.6 is 0 Å². The molecule has 2 N–H and O–H groups in total. The van der Waals surface area contributed by atoms with Gasteiger partial charge in [-0.05, 0) is 42.0 Å². The molecule has 0 spiro atoms. The second kappa shape index (κ2) is 6.47. The topological polar surface area (TPSA) is 75.3 Å². The summed E-state index contributed by atoms with van der Waals surface area (Å²) in [6, 6.07) is 3.39. The van der Waals surface area contributed by atoms with E-state index < -0.39 is 21.7 Å². The van der Waals surface area contributed by atoms with Crippen molar-refractivity contribution in [2.24, 2.45) is 5.41 Å². The van der Waals surface area contributed by atoms with E-state index in [-0.39, 0.29) is 22.8 Å². The molecule has 1 aromatic carbocycles. The highest BCUT2D eigenvalue weighted by atomic mass is 32.2. The maximum absolute atomic E-state index is 13.4. The SMILES string of the molecule is CC1(C)CCC[C@H]1NC(=O)Nc1ccc(F)cc1CS(C)(=O)=O. The van der Waals surface area contributed by atoms with Crippen LogP contribution in [-0.4, -0.2) is 26.7 Å². The van der Waals surface area contributed by atoms with Crippen LogP contribution in [0.2, 0.25) is 0 Å². The molecule has 2 rings (SSSR count). The molecule has 1 aliphatic carbocycles. The Morgan fingerprint density at radius 2 is 2.09 bits per heavy atom. The molecule has 0 radical (unpaired) electrons. The maximum atomic E-state index is 13.4. The summed E-state index contributed by atoms with van der Waals surface area (Å²) < 4.78 is 36.3. The zero-order valence-electron chi connectivity index (χ0n) is 13.6. The smallest absolute Gasteiger partial charge is 0.319 e. The lowest BCUT2D eigenvalue weighted by atomic mass is 9.87. The van der Waals surface area contributed by atoms with Gasteiger partial charge in [0.15, 0.2) is 9.84 Å². The molecular formula is C16H23FN2O3S. The summed E-state index contributed by atoms with van der Waals surface area (Å²) in [5, 5.41) is 5.57. The molecule has 2 amide bonds. The lowest BCUT2D eigenvalue weighted by Gasteiger charge is -2.28. The maximum Gasteiger partial charge on any atom is 0.319 e. The number of sulfone groups is 1. The van der Waals surface area contributed by atoms with Crippen LogP contribution in [-0.2, 0) is 15.6 Å². The molecule has 7 heteroatoms. The van der Waals surface area contributed by atoms with Crippen LogP contribution in [0.5, 0.6) is 0 Å². The molecule has 128 valence electrons. The van der Waals surface area contributed by atoms with Crippen molar-refractivity contribution in [2.75, 3.05) is 11.6 Å². The summed E-state index contributed by atoms with van der Waals surface area (Å²) in [5.74, 6) is -0.860. The number of amides is 2. The molecular weight excluding hydrogens is 319 g/mol. The Kier molecular flexibility index (Phi) is 4.98. The Morgan fingerprint density at radius 3 is 2.65 bits per heavy atom. The first-order valence-electron chi connectivity index (χ1n) is 7.60. The molecule has 1 aliphatic rings. The summed E-state index contributed by atoms with van der Waals surface area (Å²) in [6.45, 7) is 4.22. The van der Waals surface area contributed by atoms with Crippen molar-refractivity contribution in [1.29, 1.82) is 0 Å². The van der Waals surface area contributed by atoms with E-state index in [0.29, 0.717) is 5.69 Å². The van der Waals surface area contributed by atoms with Crippen LogP contribution < -0.4 is 10.6 Å². The number of nitrogens with one attached hydrogen (secondary N) is 2. The van der Waals surface area contributed by atoms with Crippen LogP contribution in [0.25, 0.3) is 0 Å². The summed E-state index contributed by atoms with van der Waals surface area (Å²) in [5.41, 5.74) is 0.592. The minimum absolute atomic E-state index is 0.0374. The molecule has 23 heavy (non-hydrogen) atoms. The van der Waals surface area contributed by atoms with Gasteiger partial charge in [-0.1, -0.05) is 20.3 Å². The van der Waals surface area contributed by atoms with Gasteiger partial charge >= 0.3 is 6.03 Å². The molecule has 0 unspecified atom stereocenters. The van der Waals surface area contributed by atoms with Gasteiger partial charge in [0.25, 0.3) is 0 Å². The van der Waals surface area contributed by atoms with Gasteiger partial charge in [0, 0.05) is 18.0 Å². The average molecular weight is 342 g/mol. The van der Waals surface area contributed by atoms with Crippen molar-refractivity contribution in [3.05, 3.63) is 29.6 Å². The summed E-state index contributed by atoms with van der Waals surface area (Å²) in [6.07, 6.45) is 4.10. The molecule has 1 atom stereocenters. The highest BCUT2D eigenvalue weighted by Crippen LogP contribution is 2.37. The predicted octanol–water partition coefficient (Wildman–Crippen LogP) is 3.07. The Labute approximate surface area is 136 Å². The number of benzene rings is 1. The first-order valence-corrected chi connectivity index (χ1v) is 9.66. The summed E-state index contributed by atoms with van der Waals surface area (Å²) >= 11 is 0. The molecule has 1 aromatic rings. The third kappa shape index (κ3) is 4.92. The largest absolute Gasteiger partial charge is 0.335 e. The van der Waals surface area contributed by atoms with Gasteiger partial charge in [0.2, 0.25) is 0 Å². The van der Waals surface area contributed by atoms with Crippen molar-refractivity contribution in [3.63, 3.8) is 0 Å². The van der Waals surface area contributed by atoms with Crippen molar-refractivity contribution >= 4 is 21.6 Å². The Bertz CT molecular complexity index is 701. The first kappa shape index (κ1) is 17.7. The fourth-order valence-electron chi connectivity index (χ4n) is 3.00. The van der Waals surface area contributed by atoms with E-state index in [1.165, 1.54) is 12.1 Å². The zero-order valence-corrected chi connectivity index (χ0v) is 14.5. The van der Waals surface area contributed by atoms with Crippen LogP contribution in [0.1, 0.15) is 38.7 Å². The third-order valence-corrected chi connectivity index (χ3v) is 5.13. The molecule has 5 nitrogen and oxygen atoms in total. The highest BCUT2D eigenvalue weighted by Gasteiger charge is 2.35. The number of hydrogen-bond acceptors (Lipinski definition) is 3. The van der Waals surface area contributed by atoms with Crippen LogP contribution in [0.3, 0.4) is 0 Å². The van der Waals surface area contributed by atoms with Gasteiger partial charge in [0.1, 0.15) is 5.82 Å². The van der Waals surface area contributed by atoms with E-state index in [4.69, 9.17) is 0 Å². The first-order chi connectivity index (χ1) is 10.6. The quantitative estimate of drug-likeness (QED) is 0.883. The molecule has 0 aromatic heterocycles. The van der Waals surface area contributed by atoms with Gasteiger partial charge < -0.3 is 10.6 Å². The molecule has 0 aliphatic heterocycles. The van der Waals surface area contributed by atoms with Crippen molar-refractivity contribution in [1.82, 2.24) is 5.32 Å². The molecule has 1 fully saturated rings. The second-order valence-corrected chi connectivity index (χ2v) is 9.04. The van der Waals surface area contributed by atoms with Crippen molar-refractivity contribution < 1.29 is 17.6 Å². The molecule has 1 saturated carbocycles.